The first-order chi connectivity index (χ1) is 27.1. The summed E-state index contributed by atoms with van der Waals surface area (Å²) in [5.74, 6) is -1.76. The minimum atomic E-state index is -1.13. The van der Waals surface area contributed by atoms with E-state index in [0.717, 1.165) is 70.6 Å². The topological polar surface area (TPSA) is 102 Å². The van der Waals surface area contributed by atoms with Crippen LogP contribution in [-0.4, -0.2) is 75.5 Å². The number of esters is 2. The number of allylic oxidation sites excluding steroid dienone is 6. The molecule has 2 atom stereocenters. The molecule has 0 aromatic rings. The number of quaternary nitrogens is 1. The van der Waals surface area contributed by atoms with Crippen molar-refractivity contribution in [2.24, 2.45) is 0 Å². The summed E-state index contributed by atoms with van der Waals surface area (Å²) >= 11 is 0. The van der Waals surface area contributed by atoms with E-state index >= 15 is 0 Å². The molecule has 8 heteroatoms. The van der Waals surface area contributed by atoms with Gasteiger partial charge in [0, 0.05) is 19.3 Å². The second-order valence-electron chi connectivity index (χ2n) is 16.6. The first-order valence-electron chi connectivity index (χ1n) is 23.0. The van der Waals surface area contributed by atoms with E-state index in [0.29, 0.717) is 12.8 Å². The molecule has 0 rings (SSSR count). The summed E-state index contributed by atoms with van der Waals surface area (Å²) in [6, 6.07) is -0.727. The first-order valence-corrected chi connectivity index (χ1v) is 23.0. The van der Waals surface area contributed by atoms with Gasteiger partial charge in [-0.2, -0.15) is 0 Å². The van der Waals surface area contributed by atoms with Gasteiger partial charge in [-0.05, 0) is 44.9 Å². The number of hydrogen-bond donors (Lipinski definition) is 0. The van der Waals surface area contributed by atoms with E-state index in [4.69, 9.17) is 14.2 Å². The summed E-state index contributed by atoms with van der Waals surface area (Å²) in [6.07, 6.45) is 44.5. The number of likely N-dealkylation sites (N-methyl/N-ethyl adjacent to an activating group) is 1. The van der Waals surface area contributed by atoms with Crippen molar-refractivity contribution in [1.29, 1.82) is 0 Å². The van der Waals surface area contributed by atoms with E-state index in [1.807, 2.05) is 0 Å². The highest BCUT2D eigenvalue weighted by Gasteiger charge is 2.25. The molecule has 0 radical (unpaired) electrons. The van der Waals surface area contributed by atoms with Crippen LogP contribution in [-0.2, 0) is 28.6 Å². The van der Waals surface area contributed by atoms with Crippen molar-refractivity contribution in [3.05, 3.63) is 36.5 Å². The highest BCUT2D eigenvalue weighted by Crippen LogP contribution is 2.16. The Balaban J connectivity index is 4.31. The summed E-state index contributed by atoms with van der Waals surface area (Å²) in [7, 11) is 5.40. The number of ether oxygens (including phenoxy) is 3. The van der Waals surface area contributed by atoms with Crippen LogP contribution in [0.2, 0.25) is 0 Å². The third-order valence-electron chi connectivity index (χ3n) is 10.3. The molecule has 8 nitrogen and oxygen atoms in total. The molecule has 0 aromatic carbocycles. The SMILES string of the molecule is CC/C=C/C/C=C/C/C=C/CCCCCCC(=O)OCC(COCCC(C(=O)[O-])[N+](C)(C)C)OC(=O)CCCCCCCCCCCCCCCCCCCC. The fourth-order valence-corrected chi connectivity index (χ4v) is 6.73. The van der Waals surface area contributed by atoms with Gasteiger partial charge in [0.15, 0.2) is 6.10 Å². The first kappa shape index (κ1) is 53.6. The van der Waals surface area contributed by atoms with Gasteiger partial charge in [0.2, 0.25) is 0 Å². The molecule has 0 fully saturated rings. The number of rotatable bonds is 41. The summed E-state index contributed by atoms with van der Waals surface area (Å²) in [6.45, 7) is 4.54. The van der Waals surface area contributed by atoms with Crippen LogP contribution < -0.4 is 5.11 Å². The molecule has 0 spiro atoms. The molecule has 2 unspecified atom stereocenters. The van der Waals surface area contributed by atoms with Gasteiger partial charge in [-0.15, -0.1) is 0 Å². The van der Waals surface area contributed by atoms with E-state index in [2.05, 4.69) is 50.3 Å². The maximum absolute atomic E-state index is 12.7. The standard InChI is InChI=1S/C48H87NO7/c1-6-8-10-12-14-16-18-20-22-23-24-25-27-29-31-33-35-37-39-47(51)56-44(42-54-41-40-45(48(52)53)49(3,4)5)43-55-46(50)38-36-34-32-30-28-26-21-19-17-15-13-11-9-7-2/h9,11,15,17,21,26,44-45H,6-8,10,12-14,16,18-20,22-25,27-43H2,1-5H3/b11-9+,17-15+,26-21+. The van der Waals surface area contributed by atoms with Crippen LogP contribution in [0.5, 0.6) is 0 Å². The van der Waals surface area contributed by atoms with Crippen LogP contribution in [0.3, 0.4) is 0 Å². The lowest BCUT2D eigenvalue weighted by Crippen LogP contribution is -2.55. The summed E-state index contributed by atoms with van der Waals surface area (Å²) < 4.78 is 17.2. The Hall–Kier alpha value is -2.45. The van der Waals surface area contributed by atoms with Gasteiger partial charge in [0.25, 0.3) is 0 Å². The van der Waals surface area contributed by atoms with Gasteiger partial charge in [0.05, 0.1) is 40.3 Å². The molecule has 0 heterocycles. The lowest BCUT2D eigenvalue weighted by molar-refractivity contribution is -0.889. The van der Waals surface area contributed by atoms with Crippen LogP contribution in [0.1, 0.15) is 200 Å². The van der Waals surface area contributed by atoms with Crippen LogP contribution in [0.4, 0.5) is 0 Å². The minimum absolute atomic E-state index is 0.0360. The monoisotopic (exact) mass is 790 g/mol. The van der Waals surface area contributed by atoms with Gasteiger partial charge >= 0.3 is 11.9 Å². The molecular formula is C48H87NO7. The Kier molecular flexibility index (Phi) is 37.7. The Morgan fingerprint density at radius 3 is 1.48 bits per heavy atom. The molecule has 0 saturated carbocycles. The maximum atomic E-state index is 12.7. The van der Waals surface area contributed by atoms with Crippen molar-refractivity contribution < 1.29 is 38.2 Å². The largest absolute Gasteiger partial charge is 0.544 e. The quantitative estimate of drug-likeness (QED) is 0.0263. The molecule has 0 bridgehead atoms. The van der Waals surface area contributed by atoms with Crippen molar-refractivity contribution in [1.82, 2.24) is 0 Å². The third kappa shape index (κ3) is 37.1. The van der Waals surface area contributed by atoms with Gasteiger partial charge in [-0.25, -0.2) is 0 Å². The van der Waals surface area contributed by atoms with E-state index in [1.54, 1.807) is 21.1 Å². The number of carbonyl (C=O) groups excluding carboxylic acids is 3. The van der Waals surface area contributed by atoms with Gasteiger partial charge in [0.1, 0.15) is 12.6 Å². The van der Waals surface area contributed by atoms with E-state index < -0.39 is 18.1 Å². The Bertz CT molecular complexity index is 1020. The van der Waals surface area contributed by atoms with Crippen LogP contribution in [0.25, 0.3) is 0 Å². The van der Waals surface area contributed by atoms with Crippen LogP contribution in [0.15, 0.2) is 36.5 Å². The van der Waals surface area contributed by atoms with Crippen molar-refractivity contribution in [2.45, 2.75) is 212 Å². The number of carboxylic acids is 1. The molecule has 56 heavy (non-hydrogen) atoms. The van der Waals surface area contributed by atoms with E-state index in [9.17, 15) is 19.5 Å². The fourth-order valence-electron chi connectivity index (χ4n) is 6.73. The van der Waals surface area contributed by atoms with Crippen LogP contribution in [0, 0.1) is 0 Å². The zero-order chi connectivity index (χ0) is 41.4. The summed E-state index contributed by atoms with van der Waals surface area (Å²) in [5, 5.41) is 11.6. The number of unbranched alkanes of at least 4 members (excludes halogenated alkanes) is 21. The van der Waals surface area contributed by atoms with Crippen molar-refractivity contribution in [3.63, 3.8) is 0 Å². The maximum Gasteiger partial charge on any atom is 0.306 e. The number of hydrogen-bond acceptors (Lipinski definition) is 7. The molecular weight excluding hydrogens is 703 g/mol. The third-order valence-corrected chi connectivity index (χ3v) is 10.3. The predicted molar refractivity (Wildman–Crippen MR) is 231 cm³/mol. The lowest BCUT2D eigenvalue weighted by atomic mass is 10.0. The zero-order valence-corrected chi connectivity index (χ0v) is 37.1. The average molecular weight is 790 g/mol. The van der Waals surface area contributed by atoms with E-state index in [-0.39, 0.29) is 42.7 Å². The van der Waals surface area contributed by atoms with Crippen molar-refractivity contribution in [3.8, 4) is 0 Å². The minimum Gasteiger partial charge on any atom is -0.544 e. The van der Waals surface area contributed by atoms with Gasteiger partial charge in [-0.3, -0.25) is 9.59 Å². The Morgan fingerprint density at radius 1 is 0.554 bits per heavy atom. The number of carboxylic acid groups (broad SMARTS) is 1. The Labute approximate surface area is 344 Å². The summed E-state index contributed by atoms with van der Waals surface area (Å²) in [4.78, 5) is 36.9. The molecule has 0 aromatic heterocycles. The fraction of sp³-hybridized carbons (Fsp3) is 0.812. The number of carbonyl (C=O) groups is 3. The zero-order valence-electron chi connectivity index (χ0n) is 37.1. The second kappa shape index (κ2) is 39.4. The second-order valence-corrected chi connectivity index (χ2v) is 16.6. The van der Waals surface area contributed by atoms with Crippen molar-refractivity contribution in [2.75, 3.05) is 41.0 Å². The lowest BCUT2D eigenvalue weighted by Gasteiger charge is -2.34. The molecule has 0 aliphatic carbocycles. The van der Waals surface area contributed by atoms with Crippen LogP contribution >= 0.6 is 0 Å². The van der Waals surface area contributed by atoms with Gasteiger partial charge in [-0.1, -0.05) is 172 Å². The molecule has 326 valence electrons. The highest BCUT2D eigenvalue weighted by molar-refractivity contribution is 5.70. The van der Waals surface area contributed by atoms with E-state index in [1.165, 1.54) is 96.3 Å². The number of aliphatic carboxylic acids is 1. The Morgan fingerprint density at radius 2 is 1.00 bits per heavy atom. The van der Waals surface area contributed by atoms with Gasteiger partial charge < -0.3 is 28.6 Å². The molecule has 0 aliphatic heterocycles. The average Bonchev–Trinajstić information content (AvgIpc) is 3.15. The summed E-state index contributed by atoms with van der Waals surface area (Å²) in [5.41, 5.74) is 0. The molecule has 0 saturated heterocycles. The highest BCUT2D eigenvalue weighted by atomic mass is 16.6. The predicted octanol–water partition coefficient (Wildman–Crippen LogP) is 11.3. The molecule has 0 aliphatic rings. The number of nitrogens with zero attached hydrogens (tertiary/aromatic N) is 1. The van der Waals surface area contributed by atoms with Crippen molar-refractivity contribution >= 4 is 17.9 Å². The smallest absolute Gasteiger partial charge is 0.306 e. The molecule has 0 amide bonds. The normalized spacial score (nSPS) is 13.2. The molecule has 0 N–H and O–H groups in total.